The summed E-state index contributed by atoms with van der Waals surface area (Å²) < 4.78 is 19.7. The Labute approximate surface area is 135 Å². The van der Waals surface area contributed by atoms with Crippen LogP contribution in [0.3, 0.4) is 0 Å². The van der Waals surface area contributed by atoms with E-state index >= 15 is 0 Å². The molecule has 0 bridgehead atoms. The molecule has 3 heteroatoms. The lowest BCUT2D eigenvalue weighted by Crippen LogP contribution is -1.97. The predicted molar refractivity (Wildman–Crippen MR) is 90.5 cm³/mol. The highest BCUT2D eigenvalue weighted by Crippen LogP contribution is 2.26. The van der Waals surface area contributed by atoms with Gasteiger partial charge in [0, 0.05) is 12.1 Å². The minimum absolute atomic E-state index is 0.250. The van der Waals surface area contributed by atoms with Gasteiger partial charge in [0.2, 0.25) is 0 Å². The van der Waals surface area contributed by atoms with Crippen molar-refractivity contribution >= 4 is 0 Å². The lowest BCUT2D eigenvalue weighted by Gasteiger charge is -2.09. The highest BCUT2D eigenvalue weighted by molar-refractivity contribution is 5.65. The van der Waals surface area contributed by atoms with E-state index in [4.69, 9.17) is 10.5 Å². The Kier molecular flexibility index (Phi) is 4.69. The van der Waals surface area contributed by atoms with E-state index in [0.717, 1.165) is 22.4 Å². The molecular weight excluding hydrogens is 289 g/mol. The Morgan fingerprint density at radius 3 is 2.26 bits per heavy atom. The average Bonchev–Trinajstić information content (AvgIpc) is 2.62. The summed E-state index contributed by atoms with van der Waals surface area (Å²) in [6, 6.07) is 22.3. The van der Waals surface area contributed by atoms with Gasteiger partial charge in [-0.3, -0.25) is 0 Å². The number of ether oxygens (including phenoxy) is 1. The molecule has 116 valence electrons. The lowest BCUT2D eigenvalue weighted by molar-refractivity contribution is 0.306. The van der Waals surface area contributed by atoms with Crippen LogP contribution in [0.2, 0.25) is 0 Å². The van der Waals surface area contributed by atoms with Crippen LogP contribution in [0.25, 0.3) is 11.1 Å². The second-order valence-electron chi connectivity index (χ2n) is 5.32. The first-order chi connectivity index (χ1) is 11.3. The van der Waals surface area contributed by atoms with E-state index in [2.05, 4.69) is 0 Å². The molecule has 3 aromatic rings. The maximum atomic E-state index is 14.0. The van der Waals surface area contributed by atoms with Crippen molar-refractivity contribution < 1.29 is 9.13 Å². The van der Waals surface area contributed by atoms with Gasteiger partial charge in [0.15, 0.2) is 0 Å². The van der Waals surface area contributed by atoms with Gasteiger partial charge in [-0.05, 0) is 41.0 Å². The largest absolute Gasteiger partial charge is 0.489 e. The minimum Gasteiger partial charge on any atom is -0.489 e. The van der Waals surface area contributed by atoms with Crippen LogP contribution in [0.4, 0.5) is 4.39 Å². The van der Waals surface area contributed by atoms with Crippen LogP contribution in [-0.4, -0.2) is 0 Å². The molecule has 0 heterocycles. The fourth-order valence-electron chi connectivity index (χ4n) is 2.39. The van der Waals surface area contributed by atoms with Crippen LogP contribution in [-0.2, 0) is 13.2 Å². The zero-order valence-electron chi connectivity index (χ0n) is 12.7. The summed E-state index contributed by atoms with van der Waals surface area (Å²) in [5.41, 5.74) is 9.01. The van der Waals surface area contributed by atoms with Crippen molar-refractivity contribution in [3.05, 3.63) is 89.7 Å². The van der Waals surface area contributed by atoms with E-state index in [1.165, 1.54) is 6.07 Å². The minimum atomic E-state index is -0.250. The van der Waals surface area contributed by atoms with E-state index in [1.54, 1.807) is 12.1 Å². The van der Waals surface area contributed by atoms with E-state index in [-0.39, 0.29) is 5.82 Å². The lowest BCUT2D eigenvalue weighted by atomic mass is 10.0. The molecule has 0 aliphatic rings. The average molecular weight is 307 g/mol. The monoisotopic (exact) mass is 307 g/mol. The highest BCUT2D eigenvalue weighted by atomic mass is 19.1. The van der Waals surface area contributed by atoms with Crippen LogP contribution in [0.5, 0.6) is 5.75 Å². The molecule has 0 saturated heterocycles. The van der Waals surface area contributed by atoms with Crippen molar-refractivity contribution in [1.29, 1.82) is 0 Å². The van der Waals surface area contributed by atoms with Crippen LogP contribution in [0.1, 0.15) is 11.1 Å². The second kappa shape index (κ2) is 7.07. The Morgan fingerprint density at radius 2 is 1.57 bits per heavy atom. The number of halogens is 1. The summed E-state index contributed by atoms with van der Waals surface area (Å²) >= 11 is 0. The maximum absolute atomic E-state index is 14.0. The van der Waals surface area contributed by atoms with Crippen molar-refractivity contribution in [3.8, 4) is 16.9 Å². The molecule has 0 aromatic heterocycles. The Balaban J connectivity index is 1.74. The van der Waals surface area contributed by atoms with Gasteiger partial charge in [0.1, 0.15) is 18.2 Å². The number of rotatable bonds is 5. The van der Waals surface area contributed by atoms with Gasteiger partial charge in [-0.2, -0.15) is 0 Å². The first-order valence-electron chi connectivity index (χ1n) is 7.52. The van der Waals surface area contributed by atoms with E-state index < -0.39 is 0 Å². The number of hydrogen-bond donors (Lipinski definition) is 1. The summed E-state index contributed by atoms with van der Waals surface area (Å²) in [6.45, 7) is 0.906. The first-order valence-corrected chi connectivity index (χ1v) is 7.52. The standard InChI is InChI=1S/C20H18FNO/c21-20-11-6-16(13-22)12-19(20)17-7-9-18(10-8-17)23-14-15-4-2-1-3-5-15/h1-12H,13-14,22H2. The number of nitrogens with two attached hydrogens (primary N) is 1. The number of hydrogen-bond acceptors (Lipinski definition) is 2. The molecule has 3 rings (SSSR count). The van der Waals surface area contributed by atoms with Crippen molar-refractivity contribution in [2.45, 2.75) is 13.2 Å². The molecule has 0 spiro atoms. The van der Waals surface area contributed by atoms with Crippen LogP contribution in [0.15, 0.2) is 72.8 Å². The molecule has 3 aromatic carbocycles. The number of benzene rings is 3. The Bertz CT molecular complexity index is 769. The van der Waals surface area contributed by atoms with Gasteiger partial charge in [-0.25, -0.2) is 4.39 Å². The normalized spacial score (nSPS) is 10.5. The van der Waals surface area contributed by atoms with Gasteiger partial charge in [-0.15, -0.1) is 0 Å². The van der Waals surface area contributed by atoms with Gasteiger partial charge in [0.25, 0.3) is 0 Å². The zero-order valence-corrected chi connectivity index (χ0v) is 12.7. The van der Waals surface area contributed by atoms with Crippen molar-refractivity contribution in [1.82, 2.24) is 0 Å². The fraction of sp³-hybridized carbons (Fsp3) is 0.100. The molecule has 0 aliphatic carbocycles. The van der Waals surface area contributed by atoms with Gasteiger partial charge < -0.3 is 10.5 Å². The smallest absolute Gasteiger partial charge is 0.131 e. The molecule has 0 unspecified atom stereocenters. The molecule has 0 aliphatic heterocycles. The summed E-state index contributed by atoms with van der Waals surface area (Å²) in [5.74, 6) is 0.508. The Hall–Kier alpha value is -2.65. The SMILES string of the molecule is NCc1ccc(F)c(-c2ccc(OCc3ccccc3)cc2)c1. The molecule has 0 atom stereocenters. The van der Waals surface area contributed by atoms with Crippen LogP contribution < -0.4 is 10.5 Å². The molecule has 23 heavy (non-hydrogen) atoms. The summed E-state index contributed by atoms with van der Waals surface area (Å²) in [6.07, 6.45) is 0. The van der Waals surface area contributed by atoms with Gasteiger partial charge in [0.05, 0.1) is 0 Å². The predicted octanol–water partition coefficient (Wildman–Crippen LogP) is 4.53. The third kappa shape index (κ3) is 3.76. The highest BCUT2D eigenvalue weighted by Gasteiger charge is 2.06. The van der Waals surface area contributed by atoms with E-state index in [1.807, 2.05) is 54.6 Å². The van der Waals surface area contributed by atoms with E-state index in [9.17, 15) is 4.39 Å². The zero-order chi connectivity index (χ0) is 16.1. The van der Waals surface area contributed by atoms with Crippen LogP contribution in [0, 0.1) is 5.82 Å². The van der Waals surface area contributed by atoms with Crippen LogP contribution >= 0.6 is 0 Å². The summed E-state index contributed by atoms with van der Waals surface area (Å²) in [4.78, 5) is 0. The van der Waals surface area contributed by atoms with Gasteiger partial charge >= 0.3 is 0 Å². The maximum Gasteiger partial charge on any atom is 0.131 e. The van der Waals surface area contributed by atoms with E-state index in [0.29, 0.717) is 18.7 Å². The van der Waals surface area contributed by atoms with Crippen molar-refractivity contribution in [2.24, 2.45) is 5.73 Å². The van der Waals surface area contributed by atoms with Crippen molar-refractivity contribution in [3.63, 3.8) is 0 Å². The molecule has 0 radical (unpaired) electrons. The molecule has 0 fully saturated rings. The van der Waals surface area contributed by atoms with Gasteiger partial charge in [-0.1, -0.05) is 48.5 Å². The topological polar surface area (TPSA) is 35.2 Å². The molecule has 0 saturated carbocycles. The van der Waals surface area contributed by atoms with Crippen molar-refractivity contribution in [2.75, 3.05) is 0 Å². The quantitative estimate of drug-likeness (QED) is 0.751. The molecular formula is C20H18FNO. The third-order valence-electron chi connectivity index (χ3n) is 3.68. The molecule has 2 nitrogen and oxygen atoms in total. The fourth-order valence-corrected chi connectivity index (χ4v) is 2.39. The second-order valence-corrected chi connectivity index (χ2v) is 5.32. The third-order valence-corrected chi connectivity index (χ3v) is 3.68. The first kappa shape index (κ1) is 15.3. The summed E-state index contributed by atoms with van der Waals surface area (Å²) in [7, 11) is 0. The molecule has 0 amide bonds. The summed E-state index contributed by atoms with van der Waals surface area (Å²) in [5, 5.41) is 0. The molecule has 2 N–H and O–H groups in total. The Morgan fingerprint density at radius 1 is 0.826 bits per heavy atom.